The number of aryl methyl sites for hydroxylation is 2. The lowest BCUT2D eigenvalue weighted by Gasteiger charge is -2.57. The standard InChI is InChI=1S/C30H45N5O/c1-4-35-23(3)27(22(2)32-35)19-31-29(36)16-8-15-28-26-14-10-18-33-17-9-13-25(30(26)33)21-34(28)20-24-11-6-5-7-12-24/h5-7,11-12,25-26,28,30H,4,8-10,13-21H2,1-3H3,(H,31,36)/t25-,26+,28+,30-/m0/s1. The van der Waals surface area contributed by atoms with Gasteiger partial charge in [-0.25, -0.2) is 0 Å². The molecule has 1 amide bonds. The highest BCUT2D eigenvalue weighted by Gasteiger charge is 2.48. The molecule has 0 spiro atoms. The summed E-state index contributed by atoms with van der Waals surface area (Å²) in [6.45, 7) is 12.5. The second-order valence-corrected chi connectivity index (χ2v) is 11.4. The van der Waals surface area contributed by atoms with Gasteiger partial charge in [0.25, 0.3) is 0 Å². The molecule has 4 atom stereocenters. The van der Waals surface area contributed by atoms with E-state index in [0.29, 0.717) is 19.0 Å². The molecule has 5 rings (SSSR count). The molecule has 1 aromatic heterocycles. The summed E-state index contributed by atoms with van der Waals surface area (Å²) in [5.74, 6) is 1.72. The van der Waals surface area contributed by atoms with Gasteiger partial charge in [-0.05, 0) is 89.8 Å². The Bertz CT molecular complexity index is 1020. The summed E-state index contributed by atoms with van der Waals surface area (Å²) in [5, 5.41) is 7.77. The molecule has 36 heavy (non-hydrogen) atoms. The van der Waals surface area contributed by atoms with Gasteiger partial charge in [0.15, 0.2) is 0 Å². The Morgan fingerprint density at radius 3 is 2.64 bits per heavy atom. The van der Waals surface area contributed by atoms with Gasteiger partial charge in [-0.3, -0.25) is 19.3 Å². The van der Waals surface area contributed by atoms with Crippen molar-refractivity contribution in [2.24, 2.45) is 11.8 Å². The third-order valence-electron chi connectivity index (χ3n) is 9.20. The molecular formula is C30H45N5O. The van der Waals surface area contributed by atoms with Crippen molar-refractivity contribution in [3.05, 3.63) is 52.8 Å². The van der Waals surface area contributed by atoms with Crippen LogP contribution in [-0.4, -0.2) is 57.2 Å². The summed E-state index contributed by atoms with van der Waals surface area (Å²) in [5.41, 5.74) is 4.77. The summed E-state index contributed by atoms with van der Waals surface area (Å²) >= 11 is 0. The van der Waals surface area contributed by atoms with E-state index in [1.165, 1.54) is 50.9 Å². The zero-order valence-corrected chi connectivity index (χ0v) is 22.6. The smallest absolute Gasteiger partial charge is 0.220 e. The van der Waals surface area contributed by atoms with Crippen molar-refractivity contribution in [3.63, 3.8) is 0 Å². The number of benzene rings is 1. The SMILES string of the molecule is CCn1nc(C)c(CNC(=O)CCC[C@@H]2[C@H]3CCCN4CCC[C@@H](CN2Cc2ccccc2)[C@@H]34)c1C. The zero-order chi connectivity index (χ0) is 25.1. The number of carbonyl (C=O) groups is 1. The van der Waals surface area contributed by atoms with Gasteiger partial charge in [-0.2, -0.15) is 5.10 Å². The van der Waals surface area contributed by atoms with Crippen molar-refractivity contribution in [1.82, 2.24) is 24.9 Å². The van der Waals surface area contributed by atoms with Gasteiger partial charge in [0.1, 0.15) is 0 Å². The second kappa shape index (κ2) is 11.5. The predicted octanol–water partition coefficient (Wildman–Crippen LogP) is 4.68. The average Bonchev–Trinajstić information content (AvgIpc) is 3.17. The lowest BCUT2D eigenvalue weighted by molar-refractivity contribution is -0.121. The number of piperidine rings is 3. The number of amides is 1. The third-order valence-corrected chi connectivity index (χ3v) is 9.20. The number of aromatic nitrogens is 2. The topological polar surface area (TPSA) is 53.4 Å². The molecule has 3 saturated heterocycles. The highest BCUT2D eigenvalue weighted by atomic mass is 16.1. The van der Waals surface area contributed by atoms with E-state index in [1.54, 1.807) is 0 Å². The monoisotopic (exact) mass is 491 g/mol. The van der Waals surface area contributed by atoms with E-state index < -0.39 is 0 Å². The van der Waals surface area contributed by atoms with Crippen LogP contribution in [0.5, 0.6) is 0 Å². The molecule has 1 aromatic carbocycles. The quantitative estimate of drug-likeness (QED) is 0.553. The maximum Gasteiger partial charge on any atom is 0.220 e. The molecule has 0 radical (unpaired) electrons. The Labute approximate surface area is 217 Å². The van der Waals surface area contributed by atoms with E-state index in [0.717, 1.165) is 60.8 Å². The lowest BCUT2D eigenvalue weighted by Crippen LogP contribution is -2.64. The molecule has 0 saturated carbocycles. The molecular weight excluding hydrogens is 446 g/mol. The maximum atomic E-state index is 12.8. The number of rotatable bonds is 9. The number of nitrogens with zero attached hydrogens (tertiary/aromatic N) is 4. The Balaban J connectivity index is 1.21. The molecule has 3 fully saturated rings. The minimum atomic E-state index is 0.171. The van der Waals surface area contributed by atoms with Gasteiger partial charge in [0.2, 0.25) is 5.91 Å². The first-order valence-corrected chi connectivity index (χ1v) is 14.4. The molecule has 0 bridgehead atoms. The van der Waals surface area contributed by atoms with E-state index in [9.17, 15) is 4.79 Å². The fraction of sp³-hybridized carbons (Fsp3) is 0.667. The van der Waals surface area contributed by atoms with Crippen LogP contribution in [0.2, 0.25) is 0 Å². The first-order valence-electron chi connectivity index (χ1n) is 14.4. The molecule has 0 aliphatic carbocycles. The maximum absolute atomic E-state index is 12.8. The highest BCUT2D eigenvalue weighted by molar-refractivity contribution is 5.75. The van der Waals surface area contributed by atoms with Gasteiger partial charge < -0.3 is 5.32 Å². The van der Waals surface area contributed by atoms with Crippen molar-refractivity contribution in [2.75, 3.05) is 19.6 Å². The van der Waals surface area contributed by atoms with Crippen LogP contribution < -0.4 is 5.32 Å². The summed E-state index contributed by atoms with van der Waals surface area (Å²) in [4.78, 5) is 18.4. The zero-order valence-electron chi connectivity index (χ0n) is 22.6. The van der Waals surface area contributed by atoms with Crippen molar-refractivity contribution < 1.29 is 4.79 Å². The van der Waals surface area contributed by atoms with E-state index in [4.69, 9.17) is 0 Å². The van der Waals surface area contributed by atoms with Crippen molar-refractivity contribution in [2.45, 2.75) is 97.4 Å². The first-order chi connectivity index (χ1) is 17.5. The van der Waals surface area contributed by atoms with Gasteiger partial charge in [0.05, 0.1) is 5.69 Å². The summed E-state index contributed by atoms with van der Waals surface area (Å²) in [6, 6.07) is 12.3. The normalized spacial score (nSPS) is 26.5. The van der Waals surface area contributed by atoms with E-state index >= 15 is 0 Å². The van der Waals surface area contributed by atoms with Gasteiger partial charge in [0, 0.05) is 55.9 Å². The van der Waals surface area contributed by atoms with Crippen LogP contribution in [0.25, 0.3) is 0 Å². The molecule has 1 N–H and O–H groups in total. The number of hydrogen-bond donors (Lipinski definition) is 1. The van der Waals surface area contributed by atoms with E-state index in [2.05, 4.69) is 64.4 Å². The van der Waals surface area contributed by atoms with Crippen LogP contribution in [0.1, 0.15) is 74.4 Å². The molecule has 6 nitrogen and oxygen atoms in total. The summed E-state index contributed by atoms with van der Waals surface area (Å²) < 4.78 is 2.02. The minimum absolute atomic E-state index is 0.171. The first kappa shape index (κ1) is 25.5. The molecule has 196 valence electrons. The predicted molar refractivity (Wildman–Crippen MR) is 145 cm³/mol. The highest BCUT2D eigenvalue weighted by Crippen LogP contribution is 2.43. The molecule has 3 aliphatic heterocycles. The Kier molecular flexibility index (Phi) is 8.12. The van der Waals surface area contributed by atoms with E-state index in [1.807, 2.05) is 11.6 Å². The summed E-state index contributed by atoms with van der Waals surface area (Å²) in [7, 11) is 0. The largest absolute Gasteiger partial charge is 0.352 e. The van der Waals surface area contributed by atoms with Crippen LogP contribution in [0.4, 0.5) is 0 Å². The Morgan fingerprint density at radius 2 is 1.89 bits per heavy atom. The van der Waals surface area contributed by atoms with Gasteiger partial charge in [-0.15, -0.1) is 0 Å². The van der Waals surface area contributed by atoms with Gasteiger partial charge in [-0.1, -0.05) is 30.3 Å². The fourth-order valence-corrected chi connectivity index (χ4v) is 7.52. The van der Waals surface area contributed by atoms with Crippen LogP contribution in [-0.2, 0) is 24.4 Å². The van der Waals surface area contributed by atoms with E-state index in [-0.39, 0.29) is 5.91 Å². The third kappa shape index (κ3) is 5.40. The Morgan fingerprint density at radius 1 is 1.11 bits per heavy atom. The number of likely N-dealkylation sites (tertiary alicyclic amines) is 1. The molecule has 4 heterocycles. The summed E-state index contributed by atoms with van der Waals surface area (Å²) in [6.07, 6.45) is 8.10. The Hall–Kier alpha value is -2.18. The number of hydrogen-bond acceptors (Lipinski definition) is 4. The minimum Gasteiger partial charge on any atom is -0.352 e. The second-order valence-electron chi connectivity index (χ2n) is 11.4. The average molecular weight is 492 g/mol. The van der Waals surface area contributed by atoms with Crippen LogP contribution in [0.15, 0.2) is 30.3 Å². The van der Waals surface area contributed by atoms with Crippen molar-refractivity contribution >= 4 is 5.91 Å². The molecule has 0 unspecified atom stereocenters. The molecule has 2 aromatic rings. The van der Waals surface area contributed by atoms with Crippen molar-refractivity contribution in [3.8, 4) is 0 Å². The van der Waals surface area contributed by atoms with Crippen LogP contribution in [0, 0.1) is 25.7 Å². The number of nitrogens with one attached hydrogen (secondary N) is 1. The van der Waals surface area contributed by atoms with Crippen LogP contribution >= 0.6 is 0 Å². The molecule has 6 heteroatoms. The lowest BCUT2D eigenvalue weighted by atomic mass is 9.69. The van der Waals surface area contributed by atoms with Gasteiger partial charge >= 0.3 is 0 Å². The van der Waals surface area contributed by atoms with Crippen molar-refractivity contribution in [1.29, 1.82) is 0 Å². The molecule has 3 aliphatic rings. The fourth-order valence-electron chi connectivity index (χ4n) is 7.52. The number of carbonyl (C=O) groups excluding carboxylic acids is 1. The van der Waals surface area contributed by atoms with Crippen LogP contribution in [0.3, 0.4) is 0 Å².